The summed E-state index contributed by atoms with van der Waals surface area (Å²) in [5, 5.41) is 11.4. The summed E-state index contributed by atoms with van der Waals surface area (Å²) in [4.78, 5) is 11.7. The fourth-order valence-corrected chi connectivity index (χ4v) is 1.37. The highest BCUT2D eigenvalue weighted by Gasteiger charge is 2.14. The van der Waals surface area contributed by atoms with E-state index >= 15 is 0 Å². The number of anilines is 1. The van der Waals surface area contributed by atoms with E-state index in [-0.39, 0.29) is 29.9 Å². The molecule has 1 atom stereocenters. The van der Waals surface area contributed by atoms with Gasteiger partial charge in [-0.15, -0.1) is 0 Å². The molecule has 0 radical (unpaired) electrons. The minimum Gasteiger partial charge on any atom is -0.327 e. The first kappa shape index (κ1) is 14.1. The van der Waals surface area contributed by atoms with Crippen molar-refractivity contribution >= 4 is 11.6 Å². The van der Waals surface area contributed by atoms with Crippen LogP contribution >= 0.6 is 0 Å². The van der Waals surface area contributed by atoms with Crippen LogP contribution in [0.3, 0.4) is 0 Å². The van der Waals surface area contributed by atoms with Gasteiger partial charge in [-0.2, -0.15) is 5.26 Å². The summed E-state index contributed by atoms with van der Waals surface area (Å²) in [5.74, 6) is -0.595. The van der Waals surface area contributed by atoms with Gasteiger partial charge in [-0.25, -0.2) is 4.39 Å². The third-order valence-corrected chi connectivity index (χ3v) is 2.65. The molecule has 5 heteroatoms. The molecule has 0 aliphatic rings. The van der Waals surface area contributed by atoms with E-state index in [1.807, 2.05) is 19.9 Å². The Balaban J connectivity index is 2.74. The van der Waals surface area contributed by atoms with Crippen molar-refractivity contribution in [3.63, 3.8) is 0 Å². The number of benzene rings is 1. The maximum atomic E-state index is 12.9. The lowest BCUT2D eigenvalue weighted by atomic mass is 10.0. The van der Waals surface area contributed by atoms with Crippen LogP contribution < -0.4 is 11.1 Å². The van der Waals surface area contributed by atoms with Crippen molar-refractivity contribution in [2.24, 2.45) is 11.7 Å². The van der Waals surface area contributed by atoms with Crippen LogP contribution in [0.25, 0.3) is 0 Å². The van der Waals surface area contributed by atoms with Gasteiger partial charge in [-0.3, -0.25) is 4.79 Å². The summed E-state index contributed by atoms with van der Waals surface area (Å²) in [6.45, 7) is 3.85. The van der Waals surface area contributed by atoms with Crippen molar-refractivity contribution in [2.45, 2.75) is 26.3 Å². The molecule has 0 bridgehead atoms. The molecular formula is C13H16FN3O. The Hall–Kier alpha value is -1.93. The third kappa shape index (κ3) is 3.82. The maximum absolute atomic E-state index is 12.9. The summed E-state index contributed by atoms with van der Waals surface area (Å²) in [5.41, 5.74) is 6.18. The van der Waals surface area contributed by atoms with Gasteiger partial charge in [0.2, 0.25) is 5.91 Å². The van der Waals surface area contributed by atoms with Crippen LogP contribution in [0.2, 0.25) is 0 Å². The molecule has 0 saturated carbocycles. The van der Waals surface area contributed by atoms with Crippen molar-refractivity contribution in [3.05, 3.63) is 29.6 Å². The zero-order valence-corrected chi connectivity index (χ0v) is 10.4. The summed E-state index contributed by atoms with van der Waals surface area (Å²) in [7, 11) is 0. The second-order valence-electron chi connectivity index (χ2n) is 4.46. The second-order valence-corrected chi connectivity index (χ2v) is 4.46. The molecule has 4 nitrogen and oxygen atoms in total. The van der Waals surface area contributed by atoms with Crippen LogP contribution in [0.4, 0.5) is 10.1 Å². The zero-order valence-electron chi connectivity index (χ0n) is 10.4. The number of nitrogens with two attached hydrogens (primary N) is 1. The van der Waals surface area contributed by atoms with E-state index in [1.54, 1.807) is 0 Å². The fraction of sp³-hybridized carbons (Fsp3) is 0.385. The lowest BCUT2D eigenvalue weighted by Crippen LogP contribution is -2.31. The SMILES string of the molecule is CC(C)C(N)CC(=O)Nc1ccc(F)cc1C#N. The molecule has 0 heterocycles. The number of hydrogen-bond donors (Lipinski definition) is 2. The van der Waals surface area contributed by atoms with Crippen molar-refractivity contribution < 1.29 is 9.18 Å². The number of carbonyl (C=O) groups excluding carboxylic acids is 1. The summed E-state index contributed by atoms with van der Waals surface area (Å²) in [6, 6.07) is 5.23. The summed E-state index contributed by atoms with van der Waals surface area (Å²) >= 11 is 0. The molecular weight excluding hydrogens is 233 g/mol. The molecule has 0 fully saturated rings. The Morgan fingerprint density at radius 1 is 1.56 bits per heavy atom. The maximum Gasteiger partial charge on any atom is 0.225 e. The fourth-order valence-electron chi connectivity index (χ4n) is 1.37. The molecule has 1 aromatic carbocycles. The predicted molar refractivity (Wildman–Crippen MR) is 67.2 cm³/mol. The molecule has 96 valence electrons. The van der Waals surface area contributed by atoms with E-state index < -0.39 is 5.82 Å². The molecule has 18 heavy (non-hydrogen) atoms. The number of rotatable bonds is 4. The number of nitrogens with one attached hydrogen (secondary N) is 1. The third-order valence-electron chi connectivity index (χ3n) is 2.65. The van der Waals surface area contributed by atoms with E-state index in [1.165, 1.54) is 12.1 Å². The Labute approximate surface area is 106 Å². The van der Waals surface area contributed by atoms with Crippen molar-refractivity contribution in [3.8, 4) is 6.07 Å². The lowest BCUT2D eigenvalue weighted by Gasteiger charge is -2.15. The van der Waals surface area contributed by atoms with Gasteiger partial charge in [0.25, 0.3) is 0 Å². The first-order valence-electron chi connectivity index (χ1n) is 5.69. The minimum atomic E-state index is -0.511. The van der Waals surface area contributed by atoms with Gasteiger partial charge in [0.15, 0.2) is 0 Å². The highest BCUT2D eigenvalue weighted by molar-refractivity contribution is 5.92. The topological polar surface area (TPSA) is 78.9 Å². The van der Waals surface area contributed by atoms with Gasteiger partial charge in [0.1, 0.15) is 11.9 Å². The second kappa shape index (κ2) is 6.12. The molecule has 3 N–H and O–H groups in total. The molecule has 0 spiro atoms. The van der Waals surface area contributed by atoms with Gasteiger partial charge in [0.05, 0.1) is 11.3 Å². The van der Waals surface area contributed by atoms with Crippen LogP contribution in [0.1, 0.15) is 25.8 Å². The quantitative estimate of drug-likeness (QED) is 0.856. The number of carbonyl (C=O) groups is 1. The van der Waals surface area contributed by atoms with Crippen molar-refractivity contribution in [2.75, 3.05) is 5.32 Å². The number of halogens is 1. The normalized spacial score (nSPS) is 12.0. The van der Waals surface area contributed by atoms with Gasteiger partial charge in [0, 0.05) is 12.5 Å². The summed E-state index contributed by atoms with van der Waals surface area (Å²) in [6.07, 6.45) is 0.167. The van der Waals surface area contributed by atoms with Crippen LogP contribution in [0.15, 0.2) is 18.2 Å². The standard InChI is InChI=1S/C13H16FN3O/c1-8(2)11(16)6-13(18)17-12-4-3-10(14)5-9(12)7-15/h3-5,8,11H,6,16H2,1-2H3,(H,17,18). The molecule has 0 saturated heterocycles. The van der Waals surface area contributed by atoms with E-state index in [0.29, 0.717) is 5.69 Å². The van der Waals surface area contributed by atoms with E-state index in [0.717, 1.165) is 6.07 Å². The number of nitrogens with zero attached hydrogens (tertiary/aromatic N) is 1. The Bertz CT molecular complexity index is 480. The molecule has 1 amide bonds. The monoisotopic (exact) mass is 249 g/mol. The predicted octanol–water partition coefficient (Wildman–Crippen LogP) is 2.01. The summed E-state index contributed by atoms with van der Waals surface area (Å²) < 4.78 is 12.9. The van der Waals surface area contributed by atoms with Crippen molar-refractivity contribution in [1.82, 2.24) is 0 Å². The van der Waals surface area contributed by atoms with E-state index in [4.69, 9.17) is 11.0 Å². The van der Waals surface area contributed by atoms with Crippen LogP contribution in [-0.2, 0) is 4.79 Å². The molecule has 1 rings (SSSR count). The average Bonchev–Trinajstić information content (AvgIpc) is 2.31. The largest absolute Gasteiger partial charge is 0.327 e. The lowest BCUT2D eigenvalue weighted by molar-refractivity contribution is -0.116. The Morgan fingerprint density at radius 3 is 2.78 bits per heavy atom. The average molecular weight is 249 g/mol. The number of amides is 1. The van der Waals surface area contributed by atoms with Crippen LogP contribution in [0.5, 0.6) is 0 Å². The van der Waals surface area contributed by atoms with Crippen LogP contribution in [-0.4, -0.2) is 11.9 Å². The highest BCUT2D eigenvalue weighted by Crippen LogP contribution is 2.16. The van der Waals surface area contributed by atoms with E-state index in [9.17, 15) is 9.18 Å². The number of hydrogen-bond acceptors (Lipinski definition) is 3. The van der Waals surface area contributed by atoms with Gasteiger partial charge in [-0.05, 0) is 24.1 Å². The van der Waals surface area contributed by atoms with Gasteiger partial charge in [-0.1, -0.05) is 13.8 Å². The van der Waals surface area contributed by atoms with Crippen molar-refractivity contribution in [1.29, 1.82) is 5.26 Å². The molecule has 0 aromatic heterocycles. The Kier molecular flexibility index (Phi) is 4.81. The van der Waals surface area contributed by atoms with Crippen LogP contribution in [0, 0.1) is 23.1 Å². The highest BCUT2D eigenvalue weighted by atomic mass is 19.1. The van der Waals surface area contributed by atoms with E-state index in [2.05, 4.69) is 5.32 Å². The first-order chi connectivity index (χ1) is 8.43. The minimum absolute atomic E-state index is 0.0986. The Morgan fingerprint density at radius 2 is 2.22 bits per heavy atom. The smallest absolute Gasteiger partial charge is 0.225 e. The molecule has 0 aliphatic heterocycles. The molecule has 1 unspecified atom stereocenters. The zero-order chi connectivity index (χ0) is 13.7. The van der Waals surface area contributed by atoms with Gasteiger partial charge >= 0.3 is 0 Å². The van der Waals surface area contributed by atoms with Gasteiger partial charge < -0.3 is 11.1 Å². The molecule has 0 aliphatic carbocycles. The first-order valence-corrected chi connectivity index (χ1v) is 5.69. The number of nitriles is 1. The molecule has 1 aromatic rings.